The predicted octanol–water partition coefficient (Wildman–Crippen LogP) is 4.68. The first-order valence-electron chi connectivity index (χ1n) is 10.7. The van der Waals surface area contributed by atoms with Crippen molar-refractivity contribution in [2.75, 3.05) is 5.32 Å². The van der Waals surface area contributed by atoms with Gasteiger partial charge in [-0.2, -0.15) is 0 Å². The molecule has 0 spiro atoms. The maximum absolute atomic E-state index is 13.2. The van der Waals surface area contributed by atoms with Crippen molar-refractivity contribution < 1.29 is 38.7 Å². The van der Waals surface area contributed by atoms with Crippen molar-refractivity contribution in [1.82, 2.24) is 0 Å². The first-order valence-corrected chi connectivity index (χ1v) is 11.4. The Hall–Kier alpha value is -4.48. The third kappa shape index (κ3) is 7.05. The summed E-state index contributed by atoms with van der Waals surface area (Å²) >= 11 is 11.6. The van der Waals surface area contributed by atoms with Gasteiger partial charge in [-0.05, 0) is 61.0 Å². The zero-order valence-electron chi connectivity index (χ0n) is 19.4. The van der Waals surface area contributed by atoms with E-state index in [-0.39, 0.29) is 22.5 Å². The molecule has 0 fully saturated rings. The second-order valence-corrected chi connectivity index (χ2v) is 8.62. The Morgan fingerprint density at radius 1 is 0.842 bits per heavy atom. The number of carboxylic acid groups (broad SMARTS) is 1. The second kappa shape index (κ2) is 12.2. The summed E-state index contributed by atoms with van der Waals surface area (Å²) in [6.07, 6.45) is -4.50. The summed E-state index contributed by atoms with van der Waals surface area (Å²) in [7, 11) is 0. The molecule has 11 nitrogen and oxygen atoms in total. The molecule has 0 aliphatic carbocycles. The lowest BCUT2D eigenvalue weighted by Crippen LogP contribution is -2.48. The maximum Gasteiger partial charge on any atom is 0.349 e. The summed E-state index contributed by atoms with van der Waals surface area (Å²) in [6.45, 7) is 1.53. The summed E-state index contributed by atoms with van der Waals surface area (Å²) in [5, 5.41) is 23.9. The largest absolute Gasteiger partial charge is 0.478 e. The predicted molar refractivity (Wildman–Crippen MR) is 135 cm³/mol. The molecule has 3 rings (SSSR count). The number of nitro benzene ring substituents is 1. The van der Waals surface area contributed by atoms with Crippen molar-refractivity contribution in [3.63, 3.8) is 0 Å². The summed E-state index contributed by atoms with van der Waals surface area (Å²) in [5.41, 5.74) is -0.184. The van der Waals surface area contributed by atoms with Gasteiger partial charge in [0.05, 0.1) is 21.7 Å². The molecule has 0 saturated carbocycles. The Morgan fingerprint density at radius 2 is 1.32 bits per heavy atom. The number of nitrogens with zero attached hydrogens (tertiary/aromatic N) is 1. The van der Waals surface area contributed by atoms with Crippen LogP contribution in [0.3, 0.4) is 0 Å². The van der Waals surface area contributed by atoms with Gasteiger partial charge in [-0.1, -0.05) is 29.3 Å². The normalized spacial score (nSPS) is 12.1. The fourth-order valence-electron chi connectivity index (χ4n) is 3.10. The van der Waals surface area contributed by atoms with E-state index < -0.39 is 40.9 Å². The van der Waals surface area contributed by atoms with Gasteiger partial charge in [-0.3, -0.25) is 14.9 Å². The van der Waals surface area contributed by atoms with Crippen molar-refractivity contribution in [3.8, 4) is 0 Å². The van der Waals surface area contributed by atoms with Crippen LogP contribution in [-0.2, 0) is 19.1 Å². The van der Waals surface area contributed by atoms with Crippen LogP contribution in [0.15, 0.2) is 66.7 Å². The Labute approximate surface area is 225 Å². The van der Waals surface area contributed by atoms with Gasteiger partial charge in [0.1, 0.15) is 0 Å². The molecule has 3 aromatic carbocycles. The van der Waals surface area contributed by atoms with Crippen LogP contribution in [0.4, 0.5) is 11.4 Å². The Bertz CT molecular complexity index is 1390. The summed E-state index contributed by atoms with van der Waals surface area (Å²) in [4.78, 5) is 61.2. The van der Waals surface area contributed by atoms with Crippen molar-refractivity contribution in [3.05, 3.63) is 104 Å². The van der Waals surface area contributed by atoms with Gasteiger partial charge in [0.2, 0.25) is 12.2 Å². The number of benzene rings is 3. The van der Waals surface area contributed by atoms with E-state index in [1.165, 1.54) is 67.6 Å². The van der Waals surface area contributed by atoms with Crippen molar-refractivity contribution in [2.45, 2.75) is 19.1 Å². The topological polar surface area (TPSA) is 162 Å². The smallest absolute Gasteiger partial charge is 0.349 e. The maximum atomic E-state index is 13.2. The van der Waals surface area contributed by atoms with Gasteiger partial charge in [-0.25, -0.2) is 14.4 Å². The number of nitrogens with one attached hydrogen (secondary N) is 1. The van der Waals surface area contributed by atoms with Crippen LogP contribution in [0, 0.1) is 17.0 Å². The highest BCUT2D eigenvalue weighted by molar-refractivity contribution is 6.31. The first-order chi connectivity index (χ1) is 18.0. The zero-order valence-corrected chi connectivity index (χ0v) is 20.9. The van der Waals surface area contributed by atoms with E-state index >= 15 is 0 Å². The number of non-ortho nitro benzene ring substituents is 1. The minimum absolute atomic E-state index is 0.0510. The second-order valence-electron chi connectivity index (χ2n) is 7.75. The van der Waals surface area contributed by atoms with E-state index in [2.05, 4.69) is 5.32 Å². The number of halogens is 2. The van der Waals surface area contributed by atoms with Crippen LogP contribution in [0.2, 0.25) is 10.0 Å². The third-order valence-electron chi connectivity index (χ3n) is 5.09. The number of ether oxygens (including phenoxy) is 2. The standard InChI is InChI=1S/C25H18Cl2N2O9/c1-13-2-11-18(29(35)36)12-19(13)28-22(30)20(37-24(33)14-3-7-16(26)8-4-14)21(23(31)32)38-25(34)15-5-9-17(27)10-6-15/h2-12,20-21H,1H3,(H,28,30)(H,31,32)/t20-,21-/m0/s1. The zero-order chi connectivity index (χ0) is 28.0. The highest BCUT2D eigenvalue weighted by Gasteiger charge is 2.41. The number of hydrogen-bond acceptors (Lipinski definition) is 8. The molecule has 2 N–H and O–H groups in total. The number of aliphatic carboxylic acids is 1. The molecule has 0 bridgehead atoms. The van der Waals surface area contributed by atoms with E-state index in [0.29, 0.717) is 15.6 Å². The number of amides is 1. The van der Waals surface area contributed by atoms with Gasteiger partial charge >= 0.3 is 17.9 Å². The fraction of sp³-hybridized carbons (Fsp3) is 0.120. The molecule has 0 radical (unpaired) electrons. The molecule has 196 valence electrons. The quantitative estimate of drug-likeness (QED) is 0.215. The number of nitro groups is 1. The number of rotatable bonds is 9. The molecule has 2 atom stereocenters. The number of carbonyl (C=O) groups is 4. The van der Waals surface area contributed by atoms with E-state index in [4.69, 9.17) is 32.7 Å². The summed E-state index contributed by atoms with van der Waals surface area (Å²) in [6, 6.07) is 14.2. The molecule has 0 unspecified atom stereocenters. The van der Waals surface area contributed by atoms with Crippen LogP contribution in [-0.4, -0.2) is 46.1 Å². The molecular formula is C25H18Cl2N2O9. The van der Waals surface area contributed by atoms with Crippen LogP contribution >= 0.6 is 23.2 Å². The molecular weight excluding hydrogens is 543 g/mol. The first kappa shape index (κ1) is 28.1. The van der Waals surface area contributed by atoms with Crippen LogP contribution in [0.25, 0.3) is 0 Å². The van der Waals surface area contributed by atoms with Gasteiger partial charge in [-0.15, -0.1) is 0 Å². The lowest BCUT2D eigenvalue weighted by atomic mass is 10.1. The van der Waals surface area contributed by atoms with E-state index in [1.807, 2.05) is 0 Å². The molecule has 0 aliphatic rings. The molecule has 0 heterocycles. The Morgan fingerprint density at radius 3 is 1.76 bits per heavy atom. The van der Waals surface area contributed by atoms with Gasteiger partial charge < -0.3 is 19.9 Å². The van der Waals surface area contributed by atoms with Crippen LogP contribution < -0.4 is 5.32 Å². The Kier molecular flexibility index (Phi) is 9.00. The lowest BCUT2D eigenvalue weighted by molar-refractivity contribution is -0.384. The minimum atomic E-state index is -2.30. The summed E-state index contributed by atoms with van der Waals surface area (Å²) < 4.78 is 10.3. The molecule has 0 saturated heterocycles. The Balaban J connectivity index is 1.96. The molecule has 0 aromatic heterocycles. The van der Waals surface area contributed by atoms with E-state index in [0.717, 1.165) is 6.07 Å². The highest BCUT2D eigenvalue weighted by atomic mass is 35.5. The summed E-state index contributed by atoms with van der Waals surface area (Å²) in [5.74, 6) is -5.27. The number of aryl methyl sites for hydroxylation is 1. The number of carbonyl (C=O) groups excluding carboxylic acids is 3. The van der Waals surface area contributed by atoms with Crippen LogP contribution in [0.1, 0.15) is 26.3 Å². The molecule has 3 aromatic rings. The number of hydrogen-bond donors (Lipinski definition) is 2. The number of esters is 2. The van der Waals surface area contributed by atoms with E-state index in [9.17, 15) is 34.4 Å². The van der Waals surface area contributed by atoms with Crippen LogP contribution in [0.5, 0.6) is 0 Å². The molecule has 13 heteroatoms. The number of anilines is 1. The van der Waals surface area contributed by atoms with E-state index in [1.54, 1.807) is 0 Å². The van der Waals surface area contributed by atoms with Crippen molar-refractivity contribution >= 4 is 58.4 Å². The van der Waals surface area contributed by atoms with Gasteiger partial charge in [0, 0.05) is 22.2 Å². The third-order valence-corrected chi connectivity index (χ3v) is 5.60. The molecule has 0 aliphatic heterocycles. The van der Waals surface area contributed by atoms with Crippen molar-refractivity contribution in [2.24, 2.45) is 0 Å². The average Bonchev–Trinajstić information content (AvgIpc) is 2.87. The lowest BCUT2D eigenvalue weighted by Gasteiger charge is -2.24. The minimum Gasteiger partial charge on any atom is -0.478 e. The highest BCUT2D eigenvalue weighted by Crippen LogP contribution is 2.23. The SMILES string of the molecule is Cc1ccc([N+](=O)[O-])cc1NC(=O)[C@@H](OC(=O)c1ccc(Cl)cc1)[C@H](OC(=O)c1ccc(Cl)cc1)C(=O)O. The monoisotopic (exact) mass is 560 g/mol. The van der Waals surface area contributed by atoms with Gasteiger partial charge in [0.25, 0.3) is 11.6 Å². The number of carboxylic acids is 1. The van der Waals surface area contributed by atoms with Gasteiger partial charge in [0.15, 0.2) is 0 Å². The van der Waals surface area contributed by atoms with Crippen molar-refractivity contribution in [1.29, 1.82) is 0 Å². The molecule has 38 heavy (non-hydrogen) atoms. The fourth-order valence-corrected chi connectivity index (χ4v) is 3.35. The molecule has 1 amide bonds. The average molecular weight is 561 g/mol.